The number of hydrogen-bond donors (Lipinski definition) is 0. The standard InChI is InChI=1S/C13H7N6/c1-2-8-3-4-9-5-6-10(13-16-18-19-17-13)15-12(9)11(8)14-7-1/h1-7H/q-1. The Morgan fingerprint density at radius 1 is 0.895 bits per heavy atom. The number of aromatic nitrogens is 6. The molecule has 0 aliphatic heterocycles. The van der Waals surface area contributed by atoms with Crippen LogP contribution in [0, 0.1) is 0 Å². The lowest BCUT2D eigenvalue weighted by molar-refractivity contribution is 0.871. The Kier molecular flexibility index (Phi) is 2.02. The van der Waals surface area contributed by atoms with Crippen molar-refractivity contribution in [2.75, 3.05) is 0 Å². The molecule has 0 fully saturated rings. The second-order valence-corrected chi connectivity index (χ2v) is 4.11. The first-order valence-corrected chi connectivity index (χ1v) is 5.75. The number of tetrazole rings is 1. The summed E-state index contributed by atoms with van der Waals surface area (Å²) in [4.78, 5) is 8.98. The van der Waals surface area contributed by atoms with Crippen molar-refractivity contribution in [2.45, 2.75) is 0 Å². The monoisotopic (exact) mass is 247 g/mol. The van der Waals surface area contributed by atoms with Gasteiger partial charge in [0.15, 0.2) is 0 Å². The average molecular weight is 247 g/mol. The van der Waals surface area contributed by atoms with Crippen LogP contribution in [0.2, 0.25) is 0 Å². The number of fused-ring (bicyclic) bond motifs is 3. The molecule has 0 atom stereocenters. The molecular weight excluding hydrogens is 240 g/mol. The molecule has 0 unspecified atom stereocenters. The molecule has 19 heavy (non-hydrogen) atoms. The van der Waals surface area contributed by atoms with E-state index in [9.17, 15) is 0 Å². The van der Waals surface area contributed by atoms with Gasteiger partial charge in [0.2, 0.25) is 0 Å². The van der Waals surface area contributed by atoms with Crippen LogP contribution in [0.15, 0.2) is 42.6 Å². The molecule has 4 rings (SSSR count). The van der Waals surface area contributed by atoms with E-state index in [-0.39, 0.29) is 0 Å². The van der Waals surface area contributed by atoms with Gasteiger partial charge in [-0.15, -0.1) is 0 Å². The third-order valence-electron chi connectivity index (χ3n) is 2.98. The third-order valence-corrected chi connectivity index (χ3v) is 2.98. The molecule has 0 amide bonds. The van der Waals surface area contributed by atoms with Crippen LogP contribution in [0.5, 0.6) is 0 Å². The highest BCUT2D eigenvalue weighted by Gasteiger charge is 2.05. The van der Waals surface area contributed by atoms with Crippen molar-refractivity contribution in [1.82, 2.24) is 30.6 Å². The van der Waals surface area contributed by atoms with E-state index in [2.05, 4.69) is 30.6 Å². The van der Waals surface area contributed by atoms with E-state index < -0.39 is 0 Å². The smallest absolute Gasteiger partial charge is 0.0972 e. The Morgan fingerprint density at radius 2 is 1.74 bits per heavy atom. The summed E-state index contributed by atoms with van der Waals surface area (Å²) in [5.74, 6) is 0.426. The lowest BCUT2D eigenvalue weighted by Gasteiger charge is -2.05. The molecule has 4 aromatic rings. The molecule has 0 bridgehead atoms. The van der Waals surface area contributed by atoms with E-state index in [0.717, 1.165) is 21.8 Å². The fourth-order valence-electron chi connectivity index (χ4n) is 2.10. The van der Waals surface area contributed by atoms with Gasteiger partial charge in [-0.3, -0.25) is 15.3 Å². The van der Waals surface area contributed by atoms with Crippen LogP contribution in [-0.4, -0.2) is 25.5 Å². The Morgan fingerprint density at radius 3 is 2.58 bits per heavy atom. The predicted molar refractivity (Wildman–Crippen MR) is 69.2 cm³/mol. The Hall–Kier alpha value is -2.89. The quantitative estimate of drug-likeness (QED) is 0.475. The van der Waals surface area contributed by atoms with Crippen LogP contribution in [0.1, 0.15) is 0 Å². The summed E-state index contributed by atoms with van der Waals surface area (Å²) in [5, 5.41) is 16.7. The molecule has 0 radical (unpaired) electrons. The molecule has 0 aliphatic rings. The van der Waals surface area contributed by atoms with Crippen LogP contribution >= 0.6 is 0 Å². The molecule has 3 aromatic heterocycles. The first kappa shape index (κ1) is 10.1. The van der Waals surface area contributed by atoms with Crippen LogP contribution in [0.25, 0.3) is 33.3 Å². The first-order valence-electron chi connectivity index (χ1n) is 5.75. The van der Waals surface area contributed by atoms with Crippen LogP contribution in [0.3, 0.4) is 0 Å². The summed E-state index contributed by atoms with van der Waals surface area (Å²) in [5.41, 5.74) is 2.35. The van der Waals surface area contributed by atoms with Crippen molar-refractivity contribution < 1.29 is 0 Å². The summed E-state index contributed by atoms with van der Waals surface area (Å²) in [7, 11) is 0. The minimum Gasteiger partial charge on any atom is -0.329 e. The van der Waals surface area contributed by atoms with Crippen LogP contribution in [-0.2, 0) is 0 Å². The van der Waals surface area contributed by atoms with Gasteiger partial charge in [-0.05, 0) is 12.1 Å². The van der Waals surface area contributed by atoms with Crippen molar-refractivity contribution in [1.29, 1.82) is 0 Å². The zero-order chi connectivity index (χ0) is 12.7. The summed E-state index contributed by atoms with van der Waals surface area (Å²) in [6.45, 7) is 0. The van der Waals surface area contributed by atoms with Crippen molar-refractivity contribution in [3.8, 4) is 11.5 Å². The van der Waals surface area contributed by atoms with Gasteiger partial charge in [0.05, 0.1) is 22.6 Å². The number of hydrogen-bond acceptors (Lipinski definition) is 5. The molecule has 0 aliphatic carbocycles. The molecule has 0 saturated carbocycles. The SMILES string of the molecule is c1cnc2c(c1)ccc1ccc(-c3nnn[n-]3)nc12. The Labute approximate surface area is 107 Å². The van der Waals surface area contributed by atoms with Crippen molar-refractivity contribution in [3.63, 3.8) is 0 Å². The third kappa shape index (κ3) is 1.54. The molecule has 1 aromatic carbocycles. The summed E-state index contributed by atoms with van der Waals surface area (Å²) in [6, 6.07) is 11.8. The van der Waals surface area contributed by atoms with Crippen LogP contribution < -0.4 is 5.10 Å². The maximum Gasteiger partial charge on any atom is 0.0972 e. The Balaban J connectivity index is 2.09. The van der Waals surface area contributed by atoms with Gasteiger partial charge in [0.25, 0.3) is 0 Å². The van der Waals surface area contributed by atoms with Gasteiger partial charge in [0, 0.05) is 17.0 Å². The molecule has 6 heteroatoms. The molecule has 6 nitrogen and oxygen atoms in total. The number of pyridine rings is 2. The van der Waals surface area contributed by atoms with E-state index in [0.29, 0.717) is 11.5 Å². The highest BCUT2D eigenvalue weighted by atomic mass is 15.5. The van der Waals surface area contributed by atoms with Gasteiger partial charge in [-0.2, -0.15) is 5.21 Å². The highest BCUT2D eigenvalue weighted by Crippen LogP contribution is 2.23. The van der Waals surface area contributed by atoms with E-state index in [1.54, 1.807) is 6.20 Å². The van der Waals surface area contributed by atoms with Gasteiger partial charge in [0.1, 0.15) is 0 Å². The second-order valence-electron chi connectivity index (χ2n) is 4.11. The largest absolute Gasteiger partial charge is 0.329 e. The minimum absolute atomic E-state index is 0.426. The number of benzene rings is 1. The maximum atomic E-state index is 4.58. The van der Waals surface area contributed by atoms with Gasteiger partial charge in [-0.1, -0.05) is 24.3 Å². The zero-order valence-corrected chi connectivity index (χ0v) is 9.72. The topological polar surface area (TPSA) is 78.5 Å². The molecule has 90 valence electrons. The fourth-order valence-corrected chi connectivity index (χ4v) is 2.10. The predicted octanol–water partition coefficient (Wildman–Crippen LogP) is 1.59. The lowest BCUT2D eigenvalue weighted by Crippen LogP contribution is -1.90. The van der Waals surface area contributed by atoms with E-state index in [1.807, 2.05) is 36.4 Å². The minimum atomic E-state index is 0.426. The summed E-state index contributed by atoms with van der Waals surface area (Å²) in [6.07, 6.45) is 1.76. The zero-order valence-electron chi connectivity index (χ0n) is 9.72. The molecule has 0 spiro atoms. The molecule has 0 saturated heterocycles. The Bertz CT molecular complexity index is 869. The lowest BCUT2D eigenvalue weighted by atomic mass is 10.1. The molecule has 3 heterocycles. The number of nitrogens with zero attached hydrogens (tertiary/aromatic N) is 6. The first-order chi connectivity index (χ1) is 9.42. The molecular formula is C13H7N6-. The van der Waals surface area contributed by atoms with Gasteiger partial charge >= 0.3 is 0 Å². The van der Waals surface area contributed by atoms with Crippen molar-refractivity contribution >= 4 is 21.8 Å². The van der Waals surface area contributed by atoms with E-state index >= 15 is 0 Å². The van der Waals surface area contributed by atoms with Gasteiger partial charge < -0.3 is 5.10 Å². The summed E-state index contributed by atoms with van der Waals surface area (Å²) >= 11 is 0. The number of rotatable bonds is 1. The van der Waals surface area contributed by atoms with E-state index in [1.165, 1.54) is 0 Å². The van der Waals surface area contributed by atoms with Crippen molar-refractivity contribution in [2.24, 2.45) is 0 Å². The summed E-state index contributed by atoms with van der Waals surface area (Å²) < 4.78 is 0. The van der Waals surface area contributed by atoms with Gasteiger partial charge in [-0.25, -0.2) is 4.98 Å². The van der Waals surface area contributed by atoms with Crippen molar-refractivity contribution in [3.05, 3.63) is 42.6 Å². The highest BCUT2D eigenvalue weighted by molar-refractivity contribution is 6.03. The normalized spacial score (nSPS) is 11.2. The average Bonchev–Trinajstić information content (AvgIpc) is 3.01. The van der Waals surface area contributed by atoms with Crippen LogP contribution in [0.4, 0.5) is 0 Å². The fraction of sp³-hybridized carbons (Fsp3) is 0. The van der Waals surface area contributed by atoms with E-state index in [4.69, 9.17) is 0 Å². The second kappa shape index (κ2) is 3.81. The maximum absolute atomic E-state index is 4.58. The molecule has 0 N–H and O–H groups in total.